The Morgan fingerprint density at radius 2 is 1.94 bits per heavy atom. The van der Waals surface area contributed by atoms with Crippen molar-refractivity contribution in [3.63, 3.8) is 0 Å². The zero-order chi connectivity index (χ0) is 38.5. The van der Waals surface area contributed by atoms with E-state index in [4.69, 9.17) is 36.7 Å². The first-order valence-electron chi connectivity index (χ1n) is 16.8. The number of nitrogens with zero attached hydrogens (tertiary/aromatic N) is 2. The number of aliphatic hydroxyl groups is 1. The van der Waals surface area contributed by atoms with Crippen LogP contribution >= 0.6 is 11.6 Å². The summed E-state index contributed by atoms with van der Waals surface area (Å²) in [6.07, 6.45) is 6.25. The van der Waals surface area contributed by atoms with E-state index in [-0.39, 0.29) is 54.5 Å². The van der Waals surface area contributed by atoms with E-state index in [2.05, 4.69) is 5.32 Å². The number of methoxy groups -OCH3 is 1. The molecule has 13 nitrogen and oxygen atoms in total. The van der Waals surface area contributed by atoms with Gasteiger partial charge in [-0.3, -0.25) is 14.9 Å². The van der Waals surface area contributed by atoms with Crippen molar-refractivity contribution in [1.82, 2.24) is 10.2 Å². The van der Waals surface area contributed by atoms with Crippen LogP contribution in [0, 0.1) is 11.7 Å². The number of fused-ring (bicyclic) bond motifs is 5. The quantitative estimate of drug-likeness (QED) is 0.243. The molecule has 5 rings (SSSR count). The smallest absolute Gasteiger partial charge is 0.409 e. The van der Waals surface area contributed by atoms with Crippen LogP contribution in [0.2, 0.25) is 5.02 Å². The van der Waals surface area contributed by atoms with Crippen LogP contribution in [-0.4, -0.2) is 90.3 Å². The van der Waals surface area contributed by atoms with Crippen molar-refractivity contribution in [1.29, 1.82) is 0 Å². The van der Waals surface area contributed by atoms with Crippen molar-refractivity contribution < 1.29 is 48.0 Å². The Kier molecular flexibility index (Phi) is 12.9. The van der Waals surface area contributed by atoms with Crippen molar-refractivity contribution in [2.75, 3.05) is 31.8 Å². The lowest BCUT2D eigenvalue weighted by molar-refractivity contribution is -0.141. The van der Waals surface area contributed by atoms with Crippen LogP contribution in [-0.2, 0) is 25.5 Å². The van der Waals surface area contributed by atoms with Crippen LogP contribution in [0.5, 0.6) is 5.75 Å². The number of benzene rings is 2. The number of rotatable bonds is 4. The number of halogens is 2. The zero-order valence-corrected chi connectivity index (χ0v) is 30.8. The molecule has 282 valence electrons. The van der Waals surface area contributed by atoms with Gasteiger partial charge in [-0.15, -0.1) is 0 Å². The minimum Gasteiger partial charge on any atom is -0.495 e. The normalized spacial score (nSPS) is 26.9. The number of nitrogens with two attached hydrogens (primary N) is 1. The minimum absolute atomic E-state index is 0.0798. The summed E-state index contributed by atoms with van der Waals surface area (Å²) < 4.78 is 29.7. The second kappa shape index (κ2) is 16.8. The number of carbonyl (C=O) groups is 4. The third kappa shape index (κ3) is 9.81. The number of nitrogens with one attached hydrogen (secondary N) is 1. The number of carbonyl (C=O) groups excluding carboxylic acids is 3. The molecule has 4 bridgehead atoms. The third-order valence-electron chi connectivity index (χ3n) is 9.49. The van der Waals surface area contributed by atoms with Gasteiger partial charge >= 0.3 is 12.1 Å². The Morgan fingerprint density at radius 1 is 1.23 bits per heavy atom. The number of carboxylic acid groups (broad SMARTS) is 1. The van der Waals surface area contributed by atoms with Crippen molar-refractivity contribution in [3.8, 4) is 5.75 Å². The van der Waals surface area contributed by atoms with E-state index < -0.39 is 41.7 Å². The minimum atomic E-state index is -1.39. The molecule has 0 spiro atoms. The van der Waals surface area contributed by atoms with Crippen LogP contribution in [0.4, 0.5) is 20.6 Å². The number of alkyl carbamates (subject to hydrolysis) is 1. The van der Waals surface area contributed by atoms with Gasteiger partial charge in [-0.05, 0) is 62.6 Å². The van der Waals surface area contributed by atoms with Gasteiger partial charge in [0.05, 0.1) is 30.7 Å². The predicted octanol–water partition coefficient (Wildman–Crippen LogP) is 5.08. The van der Waals surface area contributed by atoms with E-state index in [1.165, 1.54) is 26.1 Å². The molecule has 2 aromatic rings. The highest BCUT2D eigenvalue weighted by atomic mass is 35.5. The molecule has 2 saturated heterocycles. The maximum absolute atomic E-state index is 13.0. The topological polar surface area (TPSA) is 184 Å². The van der Waals surface area contributed by atoms with Crippen LogP contribution in [0.15, 0.2) is 54.1 Å². The summed E-state index contributed by atoms with van der Waals surface area (Å²) >= 11 is 6.56. The summed E-state index contributed by atoms with van der Waals surface area (Å²) in [6, 6.07) is 6.34. The Bertz CT molecular complexity index is 1750. The zero-order valence-electron chi connectivity index (χ0n) is 30.0. The highest BCUT2D eigenvalue weighted by Crippen LogP contribution is 2.40. The maximum Gasteiger partial charge on any atom is 0.409 e. The van der Waals surface area contributed by atoms with Gasteiger partial charge in [-0.1, -0.05) is 42.3 Å². The van der Waals surface area contributed by atoms with Gasteiger partial charge in [0, 0.05) is 44.8 Å². The highest BCUT2D eigenvalue weighted by Gasteiger charge is 2.50. The Labute approximate surface area is 307 Å². The standard InChI is InChI=1S/C26H33ClN2O6.C11H13FN2O3/c1-15-7-5-6-10-26(32)14-21(35-25(31)28-26)16(2)24-19(34-24)8-9-22(30)29(3)18-12-17(11-15)13-20(33-4)23(18)27;1-6(11(16)17)14(2)10(15)7-3-4-8(12)9(13)5-7/h5-7,12-13,16,19,21,24,32H,8-11,14H2,1-4H3,(H,28,31);3-6H,13H2,1-2H3,(H,16,17)/b6-5+,15-7+;/t16-,19?,21?,24?,26-;6-/m10/s1. The second-order valence-electron chi connectivity index (χ2n) is 13.4. The number of epoxide rings is 1. The van der Waals surface area contributed by atoms with E-state index in [0.29, 0.717) is 29.3 Å². The first kappa shape index (κ1) is 40.1. The lowest BCUT2D eigenvalue weighted by Crippen LogP contribution is -2.57. The van der Waals surface area contributed by atoms with Gasteiger partial charge in [0.15, 0.2) is 0 Å². The number of anilines is 2. The SMILES string of the molecule is COc1cc2cc(c1Cl)N(C)C(=O)CCC1OC1[C@H](C)C1C[C@](O)(C/C=C/C=C(\C)C2)NC(=O)O1.C[C@@H](C(=O)O)N(C)C(=O)c1ccc(F)c(N)c1. The number of hydrogen-bond acceptors (Lipinski definition) is 9. The van der Waals surface area contributed by atoms with Gasteiger partial charge in [-0.2, -0.15) is 0 Å². The number of nitrogen functional groups attached to an aromatic ring is 1. The van der Waals surface area contributed by atoms with Gasteiger partial charge in [0.25, 0.3) is 5.91 Å². The van der Waals surface area contributed by atoms with Crippen LogP contribution in [0.3, 0.4) is 0 Å². The molecule has 0 radical (unpaired) electrons. The summed E-state index contributed by atoms with van der Waals surface area (Å²) in [7, 11) is 4.63. The monoisotopic (exact) mass is 744 g/mol. The van der Waals surface area contributed by atoms with E-state index >= 15 is 0 Å². The fraction of sp³-hybridized carbons (Fsp3) is 0.459. The molecule has 0 aliphatic carbocycles. The average molecular weight is 745 g/mol. The fourth-order valence-corrected chi connectivity index (χ4v) is 6.39. The van der Waals surface area contributed by atoms with Crippen molar-refractivity contribution in [3.05, 3.63) is 76.1 Å². The number of amides is 3. The van der Waals surface area contributed by atoms with Gasteiger partial charge in [0.1, 0.15) is 34.5 Å². The van der Waals surface area contributed by atoms with Crippen LogP contribution in [0.25, 0.3) is 0 Å². The fourth-order valence-electron chi connectivity index (χ4n) is 6.07. The van der Waals surface area contributed by atoms with Crippen molar-refractivity contribution in [2.24, 2.45) is 5.92 Å². The van der Waals surface area contributed by atoms with Crippen LogP contribution < -0.4 is 20.7 Å². The molecule has 15 heteroatoms. The summed E-state index contributed by atoms with van der Waals surface area (Å²) in [6.45, 7) is 5.33. The Balaban J connectivity index is 0.000000299. The van der Waals surface area contributed by atoms with E-state index in [1.807, 2.05) is 44.2 Å². The van der Waals surface area contributed by atoms with Crippen molar-refractivity contribution in [2.45, 2.75) is 83.0 Å². The lowest BCUT2D eigenvalue weighted by atomic mass is 9.89. The summed E-state index contributed by atoms with van der Waals surface area (Å²) in [4.78, 5) is 50.4. The molecule has 3 aliphatic rings. The average Bonchev–Trinajstić information content (AvgIpc) is 3.88. The van der Waals surface area contributed by atoms with Gasteiger partial charge in [0.2, 0.25) is 5.91 Å². The second-order valence-corrected chi connectivity index (χ2v) is 13.8. The number of aliphatic carboxylic acids is 1. The van der Waals surface area contributed by atoms with E-state index in [1.54, 1.807) is 19.1 Å². The molecular formula is C37H46ClFN4O9. The van der Waals surface area contributed by atoms with Crippen molar-refractivity contribution >= 4 is 46.9 Å². The molecule has 52 heavy (non-hydrogen) atoms. The first-order chi connectivity index (χ1) is 24.4. The highest BCUT2D eigenvalue weighted by molar-refractivity contribution is 6.35. The molecule has 3 aliphatic heterocycles. The molecule has 0 aromatic heterocycles. The summed E-state index contributed by atoms with van der Waals surface area (Å²) in [5.41, 5.74) is 6.57. The van der Waals surface area contributed by atoms with Gasteiger partial charge in [-0.25, -0.2) is 14.0 Å². The van der Waals surface area contributed by atoms with Gasteiger partial charge < -0.3 is 40.0 Å². The Hall–Kier alpha value is -4.66. The predicted molar refractivity (Wildman–Crippen MR) is 193 cm³/mol. The summed E-state index contributed by atoms with van der Waals surface area (Å²) in [5, 5.41) is 22.7. The third-order valence-corrected chi connectivity index (χ3v) is 9.87. The number of likely N-dealkylation sites (N-methyl/N-ethyl adjacent to an activating group) is 1. The molecule has 2 fully saturated rings. The molecule has 0 saturated carbocycles. The molecule has 3 amide bonds. The molecule has 3 unspecified atom stereocenters. The van der Waals surface area contributed by atoms with E-state index in [0.717, 1.165) is 22.1 Å². The van der Waals surface area contributed by atoms with E-state index in [9.17, 15) is 28.7 Å². The molecule has 3 heterocycles. The molecule has 2 aromatic carbocycles. The summed E-state index contributed by atoms with van der Waals surface area (Å²) in [5.74, 6) is -1.94. The molecular weight excluding hydrogens is 699 g/mol. The lowest BCUT2D eigenvalue weighted by Gasteiger charge is -2.38. The molecule has 6 atom stereocenters. The number of ether oxygens (including phenoxy) is 3. The largest absolute Gasteiger partial charge is 0.495 e. The van der Waals surface area contributed by atoms with Crippen LogP contribution in [0.1, 0.15) is 62.4 Å². The Morgan fingerprint density at radius 3 is 2.60 bits per heavy atom. The number of hydrogen-bond donors (Lipinski definition) is 4. The first-order valence-corrected chi connectivity index (χ1v) is 17.2. The maximum atomic E-state index is 13.0. The number of carboxylic acids is 1. The number of allylic oxidation sites excluding steroid dienone is 3. The molecule has 5 N–H and O–H groups in total.